The summed E-state index contributed by atoms with van der Waals surface area (Å²) in [4.78, 5) is 0.849. The van der Waals surface area contributed by atoms with Crippen molar-refractivity contribution < 1.29 is 8.78 Å². The molecule has 1 heterocycles. The summed E-state index contributed by atoms with van der Waals surface area (Å²) in [5.74, 6) is -1.20. The fourth-order valence-electron chi connectivity index (χ4n) is 1.30. The van der Waals surface area contributed by atoms with Crippen LogP contribution in [0.25, 0.3) is 0 Å². The lowest BCUT2D eigenvalue weighted by atomic mass is 10.1. The Morgan fingerprint density at radius 2 is 2.00 bits per heavy atom. The third kappa shape index (κ3) is 2.19. The number of hydrogen-bond acceptors (Lipinski definition) is 1. The molecule has 0 aliphatic heterocycles. The highest BCUT2D eigenvalue weighted by Crippen LogP contribution is 2.33. The van der Waals surface area contributed by atoms with Gasteiger partial charge in [0, 0.05) is 16.5 Å². The number of rotatable bonds is 2. The van der Waals surface area contributed by atoms with E-state index in [0.717, 1.165) is 10.9 Å². The first-order valence-electron chi connectivity index (χ1n) is 4.31. The Morgan fingerprint density at radius 3 is 2.60 bits per heavy atom. The normalized spacial score (nSPS) is 12.7. The van der Waals surface area contributed by atoms with Crippen LogP contribution in [0.1, 0.15) is 15.8 Å². The fourth-order valence-corrected chi connectivity index (χ4v) is 2.42. The minimum absolute atomic E-state index is 0.306. The van der Waals surface area contributed by atoms with E-state index in [2.05, 4.69) is 0 Å². The molecule has 78 valence electrons. The summed E-state index contributed by atoms with van der Waals surface area (Å²) in [6.07, 6.45) is 0. The molecular weight excluding hydrogens is 238 g/mol. The van der Waals surface area contributed by atoms with Crippen molar-refractivity contribution in [3.63, 3.8) is 0 Å². The summed E-state index contributed by atoms with van der Waals surface area (Å²) >= 11 is 7.52. The molecule has 2 rings (SSSR count). The molecule has 0 saturated heterocycles. The molecule has 0 bridgehead atoms. The van der Waals surface area contributed by atoms with E-state index in [9.17, 15) is 8.78 Å². The van der Waals surface area contributed by atoms with Crippen LogP contribution in [-0.2, 0) is 0 Å². The molecule has 0 amide bonds. The Kier molecular flexibility index (Phi) is 3.03. The third-order valence-electron chi connectivity index (χ3n) is 2.03. The molecule has 1 unspecified atom stereocenters. The molecule has 4 heteroatoms. The van der Waals surface area contributed by atoms with E-state index < -0.39 is 17.0 Å². The Balaban J connectivity index is 2.38. The van der Waals surface area contributed by atoms with Crippen LogP contribution in [-0.4, -0.2) is 0 Å². The average Bonchev–Trinajstić information content (AvgIpc) is 2.69. The minimum atomic E-state index is -0.608. The second kappa shape index (κ2) is 4.29. The maximum Gasteiger partial charge on any atom is 0.131 e. The van der Waals surface area contributed by atoms with E-state index in [0.29, 0.717) is 5.56 Å². The van der Waals surface area contributed by atoms with Crippen LogP contribution in [0.3, 0.4) is 0 Å². The van der Waals surface area contributed by atoms with Crippen molar-refractivity contribution in [2.75, 3.05) is 0 Å². The SMILES string of the molecule is Fc1ccc(C(Cl)c2cccs2)c(F)c1. The predicted molar refractivity (Wildman–Crippen MR) is 58.4 cm³/mol. The zero-order valence-electron chi connectivity index (χ0n) is 7.58. The quantitative estimate of drug-likeness (QED) is 0.689. The van der Waals surface area contributed by atoms with E-state index in [1.165, 1.54) is 23.5 Å². The van der Waals surface area contributed by atoms with Crippen molar-refractivity contribution >= 4 is 22.9 Å². The van der Waals surface area contributed by atoms with Gasteiger partial charge in [-0.3, -0.25) is 0 Å². The first-order chi connectivity index (χ1) is 7.18. The average molecular weight is 245 g/mol. The number of alkyl halides is 1. The van der Waals surface area contributed by atoms with Gasteiger partial charge in [-0.1, -0.05) is 12.1 Å². The molecule has 0 spiro atoms. The summed E-state index contributed by atoms with van der Waals surface area (Å²) in [5, 5.41) is 1.32. The van der Waals surface area contributed by atoms with Crippen molar-refractivity contribution in [3.05, 3.63) is 57.8 Å². The number of thiophene rings is 1. The van der Waals surface area contributed by atoms with Crippen LogP contribution in [0.4, 0.5) is 8.78 Å². The molecule has 0 saturated carbocycles. The maximum atomic E-state index is 13.4. The highest BCUT2D eigenvalue weighted by molar-refractivity contribution is 7.10. The molecule has 1 atom stereocenters. The van der Waals surface area contributed by atoms with Gasteiger partial charge in [-0.25, -0.2) is 8.78 Å². The van der Waals surface area contributed by atoms with Crippen molar-refractivity contribution in [2.45, 2.75) is 5.38 Å². The van der Waals surface area contributed by atoms with Gasteiger partial charge in [-0.05, 0) is 17.5 Å². The second-order valence-corrected chi connectivity index (χ2v) is 4.46. The molecule has 15 heavy (non-hydrogen) atoms. The van der Waals surface area contributed by atoms with E-state index >= 15 is 0 Å². The van der Waals surface area contributed by atoms with Crippen molar-refractivity contribution in [1.29, 1.82) is 0 Å². The van der Waals surface area contributed by atoms with Crippen LogP contribution in [0, 0.1) is 11.6 Å². The number of benzene rings is 1. The van der Waals surface area contributed by atoms with Gasteiger partial charge in [0.15, 0.2) is 0 Å². The third-order valence-corrected chi connectivity index (χ3v) is 3.57. The molecule has 0 aliphatic rings. The molecule has 0 aliphatic carbocycles. The molecule has 0 fully saturated rings. The summed E-state index contributed by atoms with van der Waals surface area (Å²) < 4.78 is 26.0. The molecule has 0 nitrogen and oxygen atoms in total. The molecular formula is C11H7ClF2S. The van der Waals surface area contributed by atoms with E-state index in [4.69, 9.17) is 11.6 Å². The monoisotopic (exact) mass is 244 g/mol. The zero-order valence-corrected chi connectivity index (χ0v) is 9.16. The number of halogens is 3. The van der Waals surface area contributed by atoms with Gasteiger partial charge in [0.05, 0.1) is 5.38 Å². The van der Waals surface area contributed by atoms with Crippen LogP contribution >= 0.6 is 22.9 Å². The first kappa shape index (κ1) is 10.6. The van der Waals surface area contributed by atoms with E-state index in [1.54, 1.807) is 0 Å². The molecule has 0 radical (unpaired) electrons. The van der Waals surface area contributed by atoms with E-state index in [1.807, 2.05) is 17.5 Å². The maximum absolute atomic E-state index is 13.4. The molecule has 1 aromatic carbocycles. The van der Waals surface area contributed by atoms with Gasteiger partial charge in [-0.2, -0.15) is 0 Å². The van der Waals surface area contributed by atoms with Gasteiger partial charge in [0.25, 0.3) is 0 Å². The van der Waals surface area contributed by atoms with Crippen LogP contribution < -0.4 is 0 Å². The Labute approximate surface area is 95.1 Å². The van der Waals surface area contributed by atoms with E-state index in [-0.39, 0.29) is 0 Å². The largest absolute Gasteiger partial charge is 0.207 e. The Morgan fingerprint density at radius 1 is 1.20 bits per heavy atom. The topological polar surface area (TPSA) is 0 Å². The lowest BCUT2D eigenvalue weighted by molar-refractivity contribution is 0.574. The smallest absolute Gasteiger partial charge is 0.131 e. The van der Waals surface area contributed by atoms with Crippen molar-refractivity contribution in [3.8, 4) is 0 Å². The summed E-state index contributed by atoms with van der Waals surface area (Å²) in [6.45, 7) is 0. The Bertz CT molecular complexity index is 454. The van der Waals surface area contributed by atoms with Gasteiger partial charge in [-0.15, -0.1) is 22.9 Å². The minimum Gasteiger partial charge on any atom is -0.207 e. The van der Waals surface area contributed by atoms with Crippen LogP contribution in [0.2, 0.25) is 0 Å². The first-order valence-corrected chi connectivity index (χ1v) is 5.62. The van der Waals surface area contributed by atoms with Crippen molar-refractivity contribution in [1.82, 2.24) is 0 Å². The highest BCUT2D eigenvalue weighted by atomic mass is 35.5. The van der Waals surface area contributed by atoms with Gasteiger partial charge < -0.3 is 0 Å². The standard InChI is InChI=1S/C11H7ClF2S/c12-11(10-2-1-5-15-10)8-4-3-7(13)6-9(8)14/h1-6,11H. The molecule has 0 N–H and O–H groups in total. The summed E-state index contributed by atoms with van der Waals surface area (Å²) in [7, 11) is 0. The van der Waals surface area contributed by atoms with Crippen LogP contribution in [0.15, 0.2) is 35.7 Å². The molecule has 2 aromatic rings. The summed E-state index contributed by atoms with van der Waals surface area (Å²) in [5.41, 5.74) is 0.306. The van der Waals surface area contributed by atoms with Gasteiger partial charge >= 0.3 is 0 Å². The zero-order chi connectivity index (χ0) is 10.8. The lowest BCUT2D eigenvalue weighted by Crippen LogP contribution is -1.95. The second-order valence-electron chi connectivity index (χ2n) is 3.04. The predicted octanol–water partition coefficient (Wildman–Crippen LogP) is 4.35. The van der Waals surface area contributed by atoms with Gasteiger partial charge in [0.2, 0.25) is 0 Å². The highest BCUT2D eigenvalue weighted by Gasteiger charge is 2.16. The van der Waals surface area contributed by atoms with Gasteiger partial charge in [0.1, 0.15) is 11.6 Å². The van der Waals surface area contributed by atoms with Crippen LogP contribution in [0.5, 0.6) is 0 Å². The van der Waals surface area contributed by atoms with Crippen molar-refractivity contribution in [2.24, 2.45) is 0 Å². The Hall–Kier alpha value is -0.930. The fraction of sp³-hybridized carbons (Fsp3) is 0.0909. The lowest BCUT2D eigenvalue weighted by Gasteiger charge is -2.08. The number of hydrogen-bond donors (Lipinski definition) is 0. The molecule has 1 aromatic heterocycles. The summed E-state index contributed by atoms with van der Waals surface area (Å²) in [6, 6.07) is 7.10.